The van der Waals surface area contributed by atoms with Crippen LogP contribution < -0.4 is 16.4 Å². The van der Waals surface area contributed by atoms with Crippen LogP contribution in [0, 0.1) is 10.1 Å². The number of nitrogens with one attached hydrogen (secondary N) is 2. The van der Waals surface area contributed by atoms with Crippen LogP contribution in [-0.4, -0.2) is 40.1 Å². The third-order valence-corrected chi connectivity index (χ3v) is 4.36. The van der Waals surface area contributed by atoms with Crippen molar-refractivity contribution in [3.8, 4) is 0 Å². The molecule has 1 heterocycles. The van der Waals surface area contributed by atoms with Gasteiger partial charge in [-0.1, -0.05) is 41.6 Å². The highest BCUT2D eigenvalue weighted by molar-refractivity contribution is 6.05. The number of oxime groups is 1. The number of aromatic nitrogens is 1. The van der Waals surface area contributed by atoms with Gasteiger partial charge in [-0.25, -0.2) is 9.78 Å². The number of carbonyl (C=O) groups is 1. The standard InChI is InChI=1S/C20H20N6O5/c1-2-31-20(27)24-17-10-15(18(26(29)30)19(21)23-17)22-11-16(25-28)14-8-7-12-5-3-4-6-13(12)9-14/h3-10,28H,2,11H2,1H3,(H4,21,22,23,24,27)/b25-16-. The van der Waals surface area contributed by atoms with Gasteiger partial charge in [0.25, 0.3) is 0 Å². The molecule has 3 rings (SSSR count). The first-order chi connectivity index (χ1) is 14.9. The van der Waals surface area contributed by atoms with Crippen LogP contribution in [0.3, 0.4) is 0 Å². The number of nitro groups is 1. The normalized spacial score (nSPS) is 11.2. The average Bonchev–Trinajstić information content (AvgIpc) is 2.73. The number of rotatable bonds is 7. The van der Waals surface area contributed by atoms with E-state index in [1.165, 1.54) is 6.07 Å². The lowest BCUT2D eigenvalue weighted by Crippen LogP contribution is -2.18. The van der Waals surface area contributed by atoms with Gasteiger partial charge in [-0.15, -0.1) is 0 Å². The molecule has 160 valence electrons. The molecule has 0 spiro atoms. The molecule has 0 unspecified atom stereocenters. The Morgan fingerprint density at radius 3 is 2.68 bits per heavy atom. The van der Waals surface area contributed by atoms with Crippen LogP contribution in [0.15, 0.2) is 53.7 Å². The number of fused-ring (bicyclic) bond motifs is 1. The number of carbonyl (C=O) groups excluding carboxylic acids is 1. The largest absolute Gasteiger partial charge is 0.450 e. The molecule has 1 aromatic heterocycles. The van der Waals surface area contributed by atoms with Crippen molar-refractivity contribution in [2.45, 2.75) is 6.92 Å². The number of nitrogens with zero attached hydrogens (tertiary/aromatic N) is 3. The summed E-state index contributed by atoms with van der Waals surface area (Å²) >= 11 is 0. The van der Waals surface area contributed by atoms with E-state index >= 15 is 0 Å². The number of ether oxygens (including phenoxy) is 1. The fourth-order valence-electron chi connectivity index (χ4n) is 2.96. The first-order valence-corrected chi connectivity index (χ1v) is 9.25. The summed E-state index contributed by atoms with van der Waals surface area (Å²) < 4.78 is 4.77. The van der Waals surface area contributed by atoms with Crippen LogP contribution in [0.25, 0.3) is 10.8 Å². The van der Waals surface area contributed by atoms with E-state index in [0.29, 0.717) is 5.56 Å². The van der Waals surface area contributed by atoms with Crippen molar-refractivity contribution in [1.29, 1.82) is 0 Å². The van der Waals surface area contributed by atoms with E-state index in [1.54, 1.807) is 13.0 Å². The van der Waals surface area contributed by atoms with Crippen molar-refractivity contribution < 1.29 is 19.7 Å². The molecule has 31 heavy (non-hydrogen) atoms. The number of pyridine rings is 1. The Balaban J connectivity index is 1.87. The van der Waals surface area contributed by atoms with Crippen molar-refractivity contribution in [2.24, 2.45) is 5.16 Å². The van der Waals surface area contributed by atoms with Crippen LogP contribution >= 0.6 is 0 Å². The summed E-state index contributed by atoms with van der Waals surface area (Å²) in [5.41, 5.74) is 6.12. The van der Waals surface area contributed by atoms with Gasteiger partial charge in [0.05, 0.1) is 18.1 Å². The van der Waals surface area contributed by atoms with Gasteiger partial charge in [0, 0.05) is 11.6 Å². The highest BCUT2D eigenvalue weighted by Crippen LogP contribution is 2.32. The van der Waals surface area contributed by atoms with E-state index in [2.05, 4.69) is 20.8 Å². The summed E-state index contributed by atoms with van der Waals surface area (Å²) in [6.45, 7) is 1.71. The van der Waals surface area contributed by atoms with Crippen LogP contribution in [0.2, 0.25) is 0 Å². The Labute approximate surface area is 176 Å². The maximum Gasteiger partial charge on any atom is 0.412 e. The first-order valence-electron chi connectivity index (χ1n) is 9.25. The van der Waals surface area contributed by atoms with Crippen LogP contribution in [-0.2, 0) is 4.74 Å². The van der Waals surface area contributed by atoms with Crippen molar-refractivity contribution in [1.82, 2.24) is 4.98 Å². The molecular formula is C20H20N6O5. The van der Waals surface area contributed by atoms with Gasteiger partial charge in [-0.05, 0) is 23.8 Å². The SMILES string of the molecule is CCOC(=O)Nc1cc(NC/C(=N/O)c2ccc3ccccc3c2)c([N+](=O)[O-])c(N)n1. The van der Waals surface area contributed by atoms with E-state index in [1.807, 2.05) is 36.4 Å². The molecule has 0 atom stereocenters. The zero-order valence-corrected chi connectivity index (χ0v) is 16.5. The molecule has 0 saturated heterocycles. The molecule has 1 amide bonds. The monoisotopic (exact) mass is 424 g/mol. The Kier molecular flexibility index (Phi) is 6.45. The molecule has 11 heteroatoms. The molecule has 5 N–H and O–H groups in total. The van der Waals surface area contributed by atoms with Crippen molar-refractivity contribution in [3.63, 3.8) is 0 Å². The minimum absolute atomic E-state index is 0.00811. The van der Waals surface area contributed by atoms with Gasteiger partial charge in [0.1, 0.15) is 17.2 Å². The molecule has 2 aromatic carbocycles. The second kappa shape index (κ2) is 9.39. The quantitative estimate of drug-likeness (QED) is 0.193. The van der Waals surface area contributed by atoms with Crippen molar-refractivity contribution >= 4 is 45.6 Å². The summed E-state index contributed by atoms with van der Waals surface area (Å²) in [7, 11) is 0. The summed E-state index contributed by atoms with van der Waals surface area (Å²) in [5.74, 6) is -0.424. The lowest BCUT2D eigenvalue weighted by atomic mass is 10.0. The predicted octanol–water partition coefficient (Wildman–Crippen LogP) is 3.58. The molecule has 11 nitrogen and oxygen atoms in total. The summed E-state index contributed by atoms with van der Waals surface area (Å²) in [4.78, 5) is 26.2. The number of hydrogen-bond acceptors (Lipinski definition) is 9. The predicted molar refractivity (Wildman–Crippen MR) is 117 cm³/mol. The molecule has 0 aliphatic heterocycles. The molecule has 0 aliphatic rings. The topological polar surface area (TPSA) is 165 Å². The minimum Gasteiger partial charge on any atom is -0.450 e. The molecule has 0 aliphatic carbocycles. The second-order valence-corrected chi connectivity index (χ2v) is 6.35. The zero-order valence-electron chi connectivity index (χ0n) is 16.5. The molecular weight excluding hydrogens is 404 g/mol. The Morgan fingerprint density at radius 2 is 2.00 bits per heavy atom. The molecule has 0 radical (unpaired) electrons. The minimum atomic E-state index is -0.775. The first kappa shape index (κ1) is 21.3. The maximum absolute atomic E-state index is 11.6. The van der Waals surface area contributed by atoms with Crippen LogP contribution in [0.4, 0.5) is 27.8 Å². The third-order valence-electron chi connectivity index (χ3n) is 4.36. The van der Waals surface area contributed by atoms with Gasteiger partial charge in [0.15, 0.2) is 0 Å². The summed E-state index contributed by atoms with van der Waals surface area (Å²) in [6, 6.07) is 14.4. The summed E-state index contributed by atoms with van der Waals surface area (Å²) in [5, 5.41) is 31.4. The second-order valence-electron chi connectivity index (χ2n) is 6.35. The molecule has 0 bridgehead atoms. The Morgan fingerprint density at radius 1 is 1.26 bits per heavy atom. The third kappa shape index (κ3) is 4.96. The lowest BCUT2D eigenvalue weighted by molar-refractivity contribution is -0.383. The maximum atomic E-state index is 11.6. The van der Waals surface area contributed by atoms with E-state index in [4.69, 9.17) is 10.5 Å². The number of amides is 1. The zero-order chi connectivity index (χ0) is 22.4. The van der Waals surface area contributed by atoms with Crippen LogP contribution in [0.5, 0.6) is 0 Å². The Hall–Kier alpha value is -4.41. The van der Waals surface area contributed by atoms with E-state index in [0.717, 1.165) is 10.8 Å². The molecule has 0 saturated carbocycles. The number of benzene rings is 2. The molecule has 0 fully saturated rings. The fraction of sp³-hybridized carbons (Fsp3) is 0.150. The van der Waals surface area contributed by atoms with Gasteiger partial charge < -0.3 is 21.0 Å². The number of nitrogens with two attached hydrogens (primary N) is 1. The van der Waals surface area contributed by atoms with Gasteiger partial charge in [0.2, 0.25) is 5.82 Å². The van der Waals surface area contributed by atoms with Gasteiger partial charge >= 0.3 is 11.8 Å². The summed E-state index contributed by atoms with van der Waals surface area (Å²) in [6.07, 6.45) is -0.775. The van der Waals surface area contributed by atoms with E-state index < -0.39 is 22.5 Å². The average molecular weight is 424 g/mol. The number of anilines is 3. The van der Waals surface area contributed by atoms with Crippen molar-refractivity contribution in [3.05, 3.63) is 64.2 Å². The molecule has 3 aromatic rings. The highest BCUT2D eigenvalue weighted by Gasteiger charge is 2.22. The van der Waals surface area contributed by atoms with Gasteiger partial charge in [-0.3, -0.25) is 15.4 Å². The van der Waals surface area contributed by atoms with Crippen molar-refractivity contribution in [2.75, 3.05) is 29.5 Å². The number of hydrogen-bond donors (Lipinski definition) is 4. The number of nitrogen functional groups attached to an aromatic ring is 1. The highest BCUT2D eigenvalue weighted by atomic mass is 16.6. The Bertz CT molecular complexity index is 1160. The lowest BCUT2D eigenvalue weighted by Gasteiger charge is -2.12. The van der Waals surface area contributed by atoms with Gasteiger partial charge in [-0.2, -0.15) is 0 Å². The van der Waals surface area contributed by atoms with E-state index in [-0.39, 0.29) is 30.4 Å². The fourth-order valence-corrected chi connectivity index (χ4v) is 2.96. The van der Waals surface area contributed by atoms with Crippen LogP contribution in [0.1, 0.15) is 12.5 Å². The smallest absolute Gasteiger partial charge is 0.412 e. The van der Waals surface area contributed by atoms with E-state index in [9.17, 15) is 20.1 Å².